The van der Waals surface area contributed by atoms with Gasteiger partial charge in [0.25, 0.3) is 17.7 Å². The second-order valence-corrected chi connectivity index (χ2v) is 7.18. The molecule has 6 nitrogen and oxygen atoms in total. The van der Waals surface area contributed by atoms with E-state index < -0.39 is 5.91 Å². The van der Waals surface area contributed by atoms with Crippen LogP contribution in [0.5, 0.6) is 5.75 Å². The number of benzene rings is 1. The molecule has 2 bridgehead atoms. The van der Waals surface area contributed by atoms with E-state index in [4.69, 9.17) is 16.3 Å². The van der Waals surface area contributed by atoms with E-state index >= 15 is 0 Å². The third-order valence-corrected chi connectivity index (χ3v) is 5.44. The highest BCUT2D eigenvalue weighted by Gasteiger charge is 2.59. The van der Waals surface area contributed by atoms with Gasteiger partial charge >= 0.3 is 0 Å². The van der Waals surface area contributed by atoms with E-state index in [0.717, 1.165) is 17.0 Å². The largest absolute Gasteiger partial charge is 0.483 e. The predicted molar refractivity (Wildman–Crippen MR) is 89.4 cm³/mol. The third-order valence-electron chi connectivity index (χ3n) is 5.20. The summed E-state index contributed by atoms with van der Waals surface area (Å²) in [5, 5.41) is 1.46. The first kappa shape index (κ1) is 16.1. The monoisotopic (exact) mass is 360 g/mol. The Kier molecular flexibility index (Phi) is 3.80. The Morgan fingerprint density at radius 1 is 1.24 bits per heavy atom. The average Bonchev–Trinajstić information content (AvgIpc) is 3.24. The summed E-state index contributed by atoms with van der Waals surface area (Å²) < 4.78 is 5.45. The minimum Gasteiger partial charge on any atom is -0.483 e. The van der Waals surface area contributed by atoms with E-state index in [-0.39, 0.29) is 42.1 Å². The molecular weight excluding hydrogens is 344 g/mol. The number of imide groups is 1. The van der Waals surface area contributed by atoms with Crippen LogP contribution in [0.15, 0.2) is 30.4 Å². The van der Waals surface area contributed by atoms with Crippen LogP contribution in [-0.2, 0) is 14.4 Å². The molecule has 0 unspecified atom stereocenters. The van der Waals surface area contributed by atoms with Crippen molar-refractivity contribution < 1.29 is 19.1 Å². The third kappa shape index (κ3) is 2.61. The Labute approximate surface area is 149 Å². The van der Waals surface area contributed by atoms with Crippen LogP contribution in [0, 0.1) is 30.6 Å². The molecule has 2 fully saturated rings. The SMILES string of the molecule is Cc1cc(Cl)ccc1OCC(=O)NN1C(=O)[C@@H]2[C@@H](C1=O)[C@H]1C=C[C@@H]2C1. The standard InChI is InChI=1S/C18H17ClN2O4/c1-9-6-12(19)4-5-13(9)25-8-14(22)20-21-17(23)15-10-2-3-11(7-10)16(15)18(21)24/h2-6,10-11,15-16H,7-8H2,1H3,(H,20,22)/t10-,11+,15-,16-/m0/s1. The summed E-state index contributed by atoms with van der Waals surface area (Å²) in [6, 6.07) is 5.07. The summed E-state index contributed by atoms with van der Waals surface area (Å²) >= 11 is 5.88. The van der Waals surface area contributed by atoms with Crippen LogP contribution in [0.25, 0.3) is 0 Å². The molecule has 1 saturated carbocycles. The molecule has 1 aliphatic heterocycles. The van der Waals surface area contributed by atoms with Crippen molar-refractivity contribution >= 4 is 29.3 Å². The molecule has 3 amide bonds. The van der Waals surface area contributed by atoms with Crippen LogP contribution >= 0.6 is 11.6 Å². The van der Waals surface area contributed by atoms with Crippen LogP contribution in [0.1, 0.15) is 12.0 Å². The minimum atomic E-state index is -0.545. The number of hydrogen-bond acceptors (Lipinski definition) is 4. The predicted octanol–water partition coefficient (Wildman–Crippen LogP) is 1.87. The van der Waals surface area contributed by atoms with Crippen molar-refractivity contribution in [2.24, 2.45) is 23.7 Å². The number of hydrazine groups is 1. The van der Waals surface area contributed by atoms with E-state index in [9.17, 15) is 14.4 Å². The fourth-order valence-electron chi connectivity index (χ4n) is 4.09. The van der Waals surface area contributed by atoms with Gasteiger partial charge in [-0.2, -0.15) is 5.01 Å². The second-order valence-electron chi connectivity index (χ2n) is 6.75. The number of aryl methyl sites for hydroxylation is 1. The maximum Gasteiger partial charge on any atom is 0.276 e. The van der Waals surface area contributed by atoms with Crippen molar-refractivity contribution in [2.45, 2.75) is 13.3 Å². The van der Waals surface area contributed by atoms with E-state index in [0.29, 0.717) is 10.8 Å². The number of hydrogen-bond donors (Lipinski definition) is 1. The molecule has 0 radical (unpaired) electrons. The van der Waals surface area contributed by atoms with Crippen LogP contribution in [0.2, 0.25) is 5.02 Å². The number of nitrogens with zero attached hydrogens (tertiary/aromatic N) is 1. The normalized spacial score (nSPS) is 29.3. The zero-order valence-electron chi connectivity index (χ0n) is 13.6. The van der Waals surface area contributed by atoms with Gasteiger partial charge in [-0.1, -0.05) is 23.8 Å². The number of amides is 3. The molecule has 0 spiro atoms. The Morgan fingerprint density at radius 2 is 1.88 bits per heavy atom. The summed E-state index contributed by atoms with van der Waals surface area (Å²) in [5.41, 5.74) is 3.19. The van der Waals surface area contributed by atoms with Crippen molar-refractivity contribution in [3.8, 4) is 5.75 Å². The zero-order chi connectivity index (χ0) is 17.7. The molecule has 0 aromatic heterocycles. The zero-order valence-corrected chi connectivity index (χ0v) is 14.3. The maximum atomic E-state index is 12.5. The minimum absolute atomic E-state index is 0.112. The van der Waals surface area contributed by atoms with Crippen molar-refractivity contribution in [1.29, 1.82) is 0 Å². The second kappa shape index (κ2) is 5.88. The Bertz CT molecular complexity index is 776. The summed E-state index contributed by atoms with van der Waals surface area (Å²) in [6.45, 7) is 1.52. The molecule has 7 heteroatoms. The first-order chi connectivity index (χ1) is 12.0. The van der Waals surface area contributed by atoms with Crippen molar-refractivity contribution in [3.05, 3.63) is 40.9 Å². The number of carbonyl (C=O) groups excluding carboxylic acids is 3. The maximum absolute atomic E-state index is 12.5. The number of ether oxygens (including phenoxy) is 1. The molecule has 1 aromatic rings. The molecule has 1 heterocycles. The highest BCUT2D eigenvalue weighted by Crippen LogP contribution is 2.52. The lowest BCUT2D eigenvalue weighted by Crippen LogP contribution is -2.48. The van der Waals surface area contributed by atoms with Gasteiger partial charge in [-0.05, 0) is 48.9 Å². The van der Waals surface area contributed by atoms with Gasteiger partial charge in [0, 0.05) is 5.02 Å². The fourth-order valence-corrected chi connectivity index (χ4v) is 4.31. The van der Waals surface area contributed by atoms with E-state index in [2.05, 4.69) is 5.43 Å². The van der Waals surface area contributed by atoms with Gasteiger partial charge < -0.3 is 4.74 Å². The molecule has 1 N–H and O–H groups in total. The Morgan fingerprint density at radius 3 is 2.48 bits per heavy atom. The van der Waals surface area contributed by atoms with Gasteiger partial charge in [-0.25, -0.2) is 0 Å². The quantitative estimate of drug-likeness (QED) is 0.657. The summed E-state index contributed by atoms with van der Waals surface area (Å²) in [5.74, 6) is -1.09. The molecule has 130 valence electrons. The lowest BCUT2D eigenvalue weighted by Gasteiger charge is -2.18. The van der Waals surface area contributed by atoms with Crippen molar-refractivity contribution in [1.82, 2.24) is 10.4 Å². The number of carbonyl (C=O) groups is 3. The molecule has 1 aromatic carbocycles. The summed E-state index contributed by atoms with van der Waals surface area (Å²) in [6.07, 6.45) is 4.87. The van der Waals surface area contributed by atoms with Gasteiger partial charge in [-0.3, -0.25) is 19.8 Å². The molecule has 4 rings (SSSR count). The van der Waals surface area contributed by atoms with Gasteiger partial charge in [0.1, 0.15) is 5.75 Å². The van der Waals surface area contributed by atoms with Gasteiger partial charge in [0.2, 0.25) is 0 Å². The van der Waals surface area contributed by atoms with Gasteiger partial charge in [0.05, 0.1) is 11.8 Å². The summed E-state index contributed by atoms with van der Waals surface area (Å²) in [4.78, 5) is 37.1. The van der Waals surface area contributed by atoms with Crippen LogP contribution in [0.3, 0.4) is 0 Å². The number of nitrogens with one attached hydrogen (secondary N) is 1. The van der Waals surface area contributed by atoms with E-state index in [1.165, 1.54) is 0 Å². The Hall–Kier alpha value is -2.34. The molecular formula is C18H17ClN2O4. The molecule has 2 aliphatic carbocycles. The number of fused-ring (bicyclic) bond motifs is 5. The summed E-state index contributed by atoms with van der Waals surface area (Å²) in [7, 11) is 0. The molecule has 1 saturated heterocycles. The van der Waals surface area contributed by atoms with Crippen molar-refractivity contribution in [3.63, 3.8) is 0 Å². The van der Waals surface area contributed by atoms with Gasteiger partial charge in [-0.15, -0.1) is 0 Å². The molecule has 25 heavy (non-hydrogen) atoms. The smallest absolute Gasteiger partial charge is 0.276 e. The number of allylic oxidation sites excluding steroid dienone is 2. The number of rotatable bonds is 4. The average molecular weight is 361 g/mol. The highest BCUT2D eigenvalue weighted by atomic mass is 35.5. The van der Waals surface area contributed by atoms with Crippen LogP contribution in [0.4, 0.5) is 0 Å². The highest BCUT2D eigenvalue weighted by molar-refractivity contribution is 6.30. The van der Waals surface area contributed by atoms with Crippen LogP contribution in [-0.4, -0.2) is 29.3 Å². The Balaban J connectivity index is 1.38. The van der Waals surface area contributed by atoms with E-state index in [1.54, 1.807) is 18.2 Å². The van der Waals surface area contributed by atoms with Crippen molar-refractivity contribution in [2.75, 3.05) is 6.61 Å². The fraction of sp³-hybridized carbons (Fsp3) is 0.389. The molecule has 3 aliphatic rings. The van der Waals surface area contributed by atoms with Crippen LogP contribution < -0.4 is 10.2 Å². The lowest BCUT2D eigenvalue weighted by atomic mass is 9.85. The topological polar surface area (TPSA) is 75.7 Å². The first-order valence-corrected chi connectivity index (χ1v) is 8.58. The lowest BCUT2D eigenvalue weighted by molar-refractivity contribution is -0.150. The van der Waals surface area contributed by atoms with E-state index in [1.807, 2.05) is 19.1 Å². The first-order valence-electron chi connectivity index (χ1n) is 8.20. The van der Waals surface area contributed by atoms with Gasteiger partial charge in [0.15, 0.2) is 6.61 Å². The number of halogens is 1. The molecule has 4 atom stereocenters.